The van der Waals surface area contributed by atoms with Crippen LogP contribution in [0.2, 0.25) is 0 Å². The first-order valence-corrected chi connectivity index (χ1v) is 9.53. The SMILES string of the molecule is Cc1c[nH]c2ncnc(N3C=C(C(=O)NC4(CN)CCC4)SCC3)c12. The number of amides is 1. The van der Waals surface area contributed by atoms with Gasteiger partial charge in [-0.15, -0.1) is 11.8 Å². The van der Waals surface area contributed by atoms with Crippen LogP contribution in [-0.2, 0) is 4.79 Å². The highest BCUT2D eigenvalue weighted by Crippen LogP contribution is 2.34. The number of carbonyl (C=O) groups excluding carboxylic acids is 1. The van der Waals surface area contributed by atoms with Crippen LogP contribution in [0, 0.1) is 6.92 Å². The fraction of sp³-hybridized carbons (Fsp3) is 0.471. The number of aromatic amines is 1. The van der Waals surface area contributed by atoms with Gasteiger partial charge in [0.2, 0.25) is 0 Å². The van der Waals surface area contributed by atoms with Crippen LogP contribution < -0.4 is 16.0 Å². The van der Waals surface area contributed by atoms with Crippen LogP contribution in [0.1, 0.15) is 24.8 Å². The number of fused-ring (bicyclic) bond motifs is 1. The van der Waals surface area contributed by atoms with Gasteiger partial charge in [0.25, 0.3) is 5.91 Å². The summed E-state index contributed by atoms with van der Waals surface area (Å²) in [4.78, 5) is 27.4. The lowest BCUT2D eigenvalue weighted by Gasteiger charge is -2.42. The van der Waals surface area contributed by atoms with Crippen molar-refractivity contribution in [2.24, 2.45) is 5.73 Å². The van der Waals surface area contributed by atoms with Crippen molar-refractivity contribution in [2.45, 2.75) is 31.7 Å². The Balaban J connectivity index is 1.62. The molecule has 132 valence electrons. The van der Waals surface area contributed by atoms with Crippen LogP contribution in [0.3, 0.4) is 0 Å². The predicted molar refractivity (Wildman–Crippen MR) is 100 cm³/mol. The number of aromatic nitrogens is 3. The van der Waals surface area contributed by atoms with E-state index in [1.165, 1.54) is 0 Å². The van der Waals surface area contributed by atoms with Crippen molar-refractivity contribution in [2.75, 3.05) is 23.7 Å². The van der Waals surface area contributed by atoms with Crippen molar-refractivity contribution >= 4 is 34.5 Å². The van der Waals surface area contributed by atoms with Crippen LogP contribution in [-0.4, -0.2) is 45.2 Å². The lowest BCUT2D eigenvalue weighted by molar-refractivity contribution is -0.119. The van der Waals surface area contributed by atoms with Crippen molar-refractivity contribution in [3.05, 3.63) is 29.2 Å². The molecule has 2 aromatic heterocycles. The van der Waals surface area contributed by atoms with Crippen molar-refractivity contribution in [3.8, 4) is 0 Å². The van der Waals surface area contributed by atoms with Gasteiger partial charge in [-0.1, -0.05) is 0 Å². The molecule has 4 rings (SSSR count). The molecule has 0 bridgehead atoms. The van der Waals surface area contributed by atoms with Gasteiger partial charge in [0, 0.05) is 31.2 Å². The zero-order valence-corrected chi connectivity index (χ0v) is 15.0. The van der Waals surface area contributed by atoms with Gasteiger partial charge in [-0.3, -0.25) is 4.79 Å². The highest BCUT2D eigenvalue weighted by atomic mass is 32.2. The third-order valence-electron chi connectivity index (χ3n) is 5.09. The first-order chi connectivity index (χ1) is 12.1. The molecule has 1 aliphatic heterocycles. The van der Waals surface area contributed by atoms with E-state index in [0.717, 1.165) is 54.0 Å². The van der Waals surface area contributed by atoms with E-state index in [2.05, 4.69) is 20.3 Å². The van der Waals surface area contributed by atoms with Gasteiger partial charge in [0.05, 0.1) is 15.8 Å². The van der Waals surface area contributed by atoms with Crippen LogP contribution >= 0.6 is 11.8 Å². The fourth-order valence-corrected chi connectivity index (χ4v) is 4.28. The van der Waals surface area contributed by atoms with Crippen molar-refractivity contribution in [3.63, 3.8) is 0 Å². The molecule has 4 N–H and O–H groups in total. The zero-order chi connectivity index (χ0) is 17.4. The van der Waals surface area contributed by atoms with Crippen molar-refractivity contribution < 1.29 is 4.79 Å². The predicted octanol–water partition coefficient (Wildman–Crippen LogP) is 1.66. The van der Waals surface area contributed by atoms with Gasteiger partial charge in [-0.25, -0.2) is 9.97 Å². The Morgan fingerprint density at radius 1 is 1.48 bits per heavy atom. The second-order valence-electron chi connectivity index (χ2n) is 6.72. The maximum Gasteiger partial charge on any atom is 0.259 e. The molecule has 1 saturated carbocycles. The minimum absolute atomic E-state index is 0.0315. The van der Waals surface area contributed by atoms with Gasteiger partial charge in [0.15, 0.2) is 0 Å². The van der Waals surface area contributed by atoms with Gasteiger partial charge >= 0.3 is 0 Å². The van der Waals surface area contributed by atoms with E-state index in [9.17, 15) is 4.79 Å². The molecule has 0 spiro atoms. The quantitative estimate of drug-likeness (QED) is 0.769. The smallest absolute Gasteiger partial charge is 0.259 e. The lowest BCUT2D eigenvalue weighted by atomic mass is 9.77. The molecule has 1 amide bonds. The van der Waals surface area contributed by atoms with Gasteiger partial charge < -0.3 is 20.9 Å². The number of H-pyrrole nitrogens is 1. The first kappa shape index (κ1) is 16.4. The van der Waals surface area contributed by atoms with E-state index in [0.29, 0.717) is 11.4 Å². The minimum atomic E-state index is -0.208. The summed E-state index contributed by atoms with van der Waals surface area (Å²) in [6.07, 6.45) is 8.45. The number of hydrogen-bond acceptors (Lipinski definition) is 6. The number of hydrogen-bond donors (Lipinski definition) is 3. The second-order valence-corrected chi connectivity index (χ2v) is 7.86. The summed E-state index contributed by atoms with van der Waals surface area (Å²) < 4.78 is 0. The minimum Gasteiger partial charge on any atom is -0.346 e. The fourth-order valence-electron chi connectivity index (χ4n) is 3.39. The van der Waals surface area contributed by atoms with E-state index < -0.39 is 0 Å². The summed E-state index contributed by atoms with van der Waals surface area (Å²) in [6.45, 7) is 3.33. The van der Waals surface area contributed by atoms with Gasteiger partial charge in [-0.2, -0.15) is 0 Å². The Morgan fingerprint density at radius 2 is 2.32 bits per heavy atom. The number of rotatable bonds is 4. The summed E-state index contributed by atoms with van der Waals surface area (Å²) in [5, 5.41) is 4.15. The molecule has 0 saturated heterocycles. The first-order valence-electron chi connectivity index (χ1n) is 8.54. The second kappa shape index (κ2) is 6.34. The number of thioether (sulfide) groups is 1. The summed E-state index contributed by atoms with van der Waals surface area (Å²) in [7, 11) is 0. The summed E-state index contributed by atoms with van der Waals surface area (Å²) in [5.74, 6) is 1.64. The van der Waals surface area contributed by atoms with E-state index in [1.54, 1.807) is 18.1 Å². The molecule has 0 radical (unpaired) electrons. The van der Waals surface area contributed by atoms with Crippen LogP contribution in [0.5, 0.6) is 0 Å². The largest absolute Gasteiger partial charge is 0.346 e. The average molecular weight is 358 g/mol. The molecule has 2 aliphatic rings. The number of nitrogens with two attached hydrogens (primary N) is 1. The molecule has 7 nitrogen and oxygen atoms in total. The van der Waals surface area contributed by atoms with Crippen LogP contribution in [0.25, 0.3) is 11.0 Å². The Bertz CT molecular complexity index is 835. The molecule has 3 heterocycles. The van der Waals surface area contributed by atoms with E-state index >= 15 is 0 Å². The zero-order valence-electron chi connectivity index (χ0n) is 14.2. The number of anilines is 1. The molecule has 1 aliphatic carbocycles. The summed E-state index contributed by atoms with van der Waals surface area (Å²) >= 11 is 1.58. The molecule has 0 aromatic carbocycles. The number of nitrogens with zero attached hydrogens (tertiary/aromatic N) is 3. The molecule has 8 heteroatoms. The Kier molecular flexibility index (Phi) is 4.16. The highest BCUT2D eigenvalue weighted by molar-refractivity contribution is 8.04. The normalized spacial score (nSPS) is 19.4. The molecule has 0 unspecified atom stereocenters. The summed E-state index contributed by atoms with van der Waals surface area (Å²) in [5.41, 5.74) is 7.57. The Hall–Kier alpha value is -2.06. The third-order valence-corrected chi connectivity index (χ3v) is 6.07. The van der Waals surface area contributed by atoms with Crippen molar-refractivity contribution in [1.29, 1.82) is 0 Å². The number of nitrogens with one attached hydrogen (secondary N) is 2. The monoisotopic (exact) mass is 358 g/mol. The standard InChI is InChI=1S/C17H22N6OS/c1-11-7-19-14-13(11)15(21-10-20-14)23-5-6-25-12(8-23)16(24)22-17(9-18)3-2-4-17/h7-8,10H,2-6,9,18H2,1H3,(H,22,24)(H,19,20,21). The van der Waals surface area contributed by atoms with Crippen LogP contribution in [0.15, 0.2) is 23.6 Å². The van der Waals surface area contributed by atoms with Crippen LogP contribution in [0.4, 0.5) is 5.82 Å². The highest BCUT2D eigenvalue weighted by Gasteiger charge is 2.38. The topological polar surface area (TPSA) is 99.9 Å². The maximum absolute atomic E-state index is 12.7. The van der Waals surface area contributed by atoms with Gasteiger partial charge in [-0.05, 0) is 31.7 Å². The molecule has 1 fully saturated rings. The molecule has 25 heavy (non-hydrogen) atoms. The molecule has 2 aromatic rings. The summed E-state index contributed by atoms with van der Waals surface area (Å²) in [6, 6.07) is 0. The third kappa shape index (κ3) is 2.89. The Labute approximate surface area is 150 Å². The number of aryl methyl sites for hydroxylation is 1. The Morgan fingerprint density at radius 3 is 3.04 bits per heavy atom. The van der Waals surface area contributed by atoms with Gasteiger partial charge in [0.1, 0.15) is 17.8 Å². The maximum atomic E-state index is 12.7. The van der Waals surface area contributed by atoms with Crippen molar-refractivity contribution in [1.82, 2.24) is 20.3 Å². The van der Waals surface area contributed by atoms with E-state index in [-0.39, 0.29) is 11.4 Å². The molecular formula is C17H22N6OS. The average Bonchev–Trinajstić information content (AvgIpc) is 2.99. The number of carbonyl (C=O) groups is 1. The molecule has 0 atom stereocenters. The van der Waals surface area contributed by atoms with E-state index in [4.69, 9.17) is 5.73 Å². The van der Waals surface area contributed by atoms with E-state index in [1.807, 2.05) is 24.2 Å². The lowest BCUT2D eigenvalue weighted by Crippen LogP contribution is -2.58. The molecular weight excluding hydrogens is 336 g/mol.